The molecule has 139 heavy (non-hydrogen) atoms. The minimum atomic E-state index is -2.48. The summed E-state index contributed by atoms with van der Waals surface area (Å²) in [4.78, 5) is 28.5. The number of fused-ring (bicyclic) bond motifs is 12. The molecule has 11 heterocycles. The SMILES string of the molecule is C1=CC[CH-]C(c2ccccn2)=C1.C1=CC[CH-]C(c2ccccn2)=C1.C=C/C=C\C(=[N-])c1[c-]cccc1.Cc1cccc2c1sc1cc[c-]cc12.[2H]c1c(C([2H])([2H])[2H])cnc(-c2[c-]ccc3c2sc2c(C4([2H])CCCCC4)cccc23)c1[2H].[2H]c1c(C([2H])([2H])[2H])cnc(C2=c3sc4c(C)cccc4c3=CC[CH-]2)c1[2H].[2H]c1cncc(C([2H])([2H])[2H])c1[2H].[2H]c1nc(-c2[c-]cc3sc4ccccc4c3c2)c([2H])c([2H])c1[2H].[2H]c1nc(-c2[c-]cccc2)c([2H])c([2H])c1[2H].[Ir+3].[Ir].[Ir].[Ir]. The van der Waals surface area contributed by atoms with Gasteiger partial charge in [0.25, 0.3) is 0 Å². The van der Waals surface area contributed by atoms with E-state index in [0.29, 0.717) is 27.9 Å². The van der Waals surface area contributed by atoms with Gasteiger partial charge in [0.1, 0.15) is 0 Å². The molecule has 11 aromatic heterocycles. The van der Waals surface area contributed by atoms with Crippen LogP contribution in [0.5, 0.6) is 0 Å². The first-order chi connectivity index (χ1) is 76.2. The van der Waals surface area contributed by atoms with Crippen molar-refractivity contribution in [3.8, 4) is 33.8 Å². The predicted octanol–water partition coefficient (Wildman–Crippen LogP) is 31.6. The van der Waals surface area contributed by atoms with Crippen molar-refractivity contribution in [1.82, 2.24) is 34.9 Å². The summed E-state index contributed by atoms with van der Waals surface area (Å²) >= 11 is 6.78. The standard InChI is InChI=1S/C24H22NS.C19H16NS.C17H10NS.C13H9S.2C11H10N.C11H8N.C11H9N.C6H7N.4Ir/c1-16-13-14-22(25-15-16)21-12-6-11-20-19-10-5-9-18(23(19)26-24(20)21)17-7-3-2-4-8-17;1-12-9-10-17(20-11-12)16-8-4-7-15-14-6-3-5-13(2)18(14)21-19(15)16;1-2-7-16-13(5-1)14-11-12(8-9-17(14)19-16)15-6-3-4-10-18-15;1-9-5-4-7-11-10-6-2-3-8-12(10)14-13(9)11;3*1-2-6-10(7-3-1)11-8-4-5-9-12-11;1-2-3-9-11(12)10-7-5-4-6-8-10;1-6-3-2-4-7-5-6;;;;/h5-6,9-11,13-15,17H,2-4,7-8H2,1H3;3,5-11H,4H2,1-2H3;1-7,9-11H;3-8H,1H3;2*1-2,4-9H,3H2;1-6,8-9H;2-7,9H,1H2;2-5H,1H3;;;;/q7*-1;-2;;;;;+3/b;;;;;;;9-3-;;;;;/i1D3,13D,14D,17D;1D3,9D,10D;3D,4D,6D,10D;;;;4D,5D,8D,9D;;1D3,2D,3D;;;;. The van der Waals surface area contributed by atoms with Gasteiger partial charge in [-0.15, -0.1) is 155 Å². The van der Waals surface area contributed by atoms with Crippen LogP contribution in [0.2, 0.25) is 0 Å². The molecule has 699 valence electrons. The van der Waals surface area contributed by atoms with Gasteiger partial charge in [0.05, 0.1) is 19.2 Å². The second kappa shape index (κ2) is 54.3. The van der Waals surface area contributed by atoms with Crippen molar-refractivity contribution < 1.29 is 113 Å². The molecule has 4 aliphatic carbocycles. The second-order valence-electron chi connectivity index (χ2n) is 30.6. The Balaban J connectivity index is 0.000000164. The molecule has 0 atom stereocenters. The van der Waals surface area contributed by atoms with E-state index < -0.39 is 26.4 Å². The van der Waals surface area contributed by atoms with E-state index >= 15 is 0 Å². The predicted molar refractivity (Wildman–Crippen MR) is 577 cm³/mol. The summed E-state index contributed by atoms with van der Waals surface area (Å²) in [5.74, 6) is -0.586. The Morgan fingerprint density at radius 2 is 1.09 bits per heavy atom. The molecule has 24 rings (SSSR count). The fourth-order valence-corrected chi connectivity index (χ4v) is 20.0. The molecule has 0 aliphatic heterocycles. The quantitative estimate of drug-likeness (QED) is 0.0761. The van der Waals surface area contributed by atoms with Crippen LogP contribution in [0, 0.1) is 84.0 Å². The number of hydrogen-bond donors (Lipinski definition) is 0. The fourth-order valence-electron chi connectivity index (χ4n) is 15.1. The van der Waals surface area contributed by atoms with E-state index in [2.05, 4.69) is 202 Å². The van der Waals surface area contributed by atoms with Crippen LogP contribution in [0.15, 0.2) is 390 Å². The van der Waals surface area contributed by atoms with Crippen LogP contribution in [-0.4, -0.2) is 40.6 Å². The number of rotatable bonds is 10. The van der Waals surface area contributed by atoms with Gasteiger partial charge in [-0.2, -0.15) is 106 Å². The monoisotopic (exact) mass is 2610 g/mol. The molecule has 9 aromatic carbocycles. The molecule has 1 fully saturated rings. The van der Waals surface area contributed by atoms with Crippen LogP contribution in [0.1, 0.15) is 146 Å². The summed E-state index contributed by atoms with van der Waals surface area (Å²) in [5.41, 5.74) is 12.2. The maximum Gasteiger partial charge on any atom is 3.00 e. The molecule has 4 aliphatic rings. The first-order valence-electron chi connectivity index (χ1n) is 55.5. The van der Waals surface area contributed by atoms with Gasteiger partial charge in [0.2, 0.25) is 0 Å². The maximum absolute atomic E-state index is 9.40. The van der Waals surface area contributed by atoms with Gasteiger partial charge >= 0.3 is 20.1 Å². The molecule has 0 bridgehead atoms. The molecular formula is C123H101Ir4N8S4-6. The summed E-state index contributed by atoms with van der Waals surface area (Å²) < 4.78 is 193. The molecule has 0 spiro atoms. The minimum absolute atomic E-state index is 0. The van der Waals surface area contributed by atoms with Gasteiger partial charge < -0.3 is 35.3 Å². The van der Waals surface area contributed by atoms with Gasteiger partial charge in [0, 0.05) is 142 Å². The zero-order valence-corrected chi connectivity index (χ0v) is 87.9. The van der Waals surface area contributed by atoms with Crippen molar-refractivity contribution in [3.63, 3.8) is 0 Å². The van der Waals surface area contributed by atoms with Gasteiger partial charge in [-0.25, -0.2) is 17.0 Å². The van der Waals surface area contributed by atoms with Crippen LogP contribution in [-0.2, 0) is 80.4 Å². The van der Waals surface area contributed by atoms with Gasteiger partial charge in [0.15, 0.2) is 0 Å². The van der Waals surface area contributed by atoms with Crippen molar-refractivity contribution in [1.29, 1.82) is 0 Å². The Morgan fingerprint density at radius 1 is 0.468 bits per heavy atom. The van der Waals surface area contributed by atoms with E-state index in [1.807, 2.05) is 133 Å². The van der Waals surface area contributed by atoms with Gasteiger partial charge in [-0.1, -0.05) is 245 Å². The van der Waals surface area contributed by atoms with E-state index in [4.69, 9.17) is 32.9 Å². The summed E-state index contributed by atoms with van der Waals surface area (Å²) in [6.45, 7) is 0.485. The van der Waals surface area contributed by atoms with E-state index in [1.165, 1.54) is 76.0 Å². The van der Waals surface area contributed by atoms with Crippen LogP contribution in [0.25, 0.3) is 133 Å². The first-order valence-corrected chi connectivity index (χ1v) is 46.8. The van der Waals surface area contributed by atoms with Crippen molar-refractivity contribution >= 4 is 144 Å². The minimum Gasteiger partial charge on any atom is -0.855 e. The molecule has 0 saturated heterocycles. The average molecular weight is 2610 g/mol. The summed E-state index contributed by atoms with van der Waals surface area (Å²) in [5, 5.41) is 18.7. The number of pyridine rings is 7. The Kier molecular flexibility index (Phi) is 29.9. The maximum atomic E-state index is 9.40. The fraction of sp³-hybridized carbons (Fsp3) is 0.114. The third kappa shape index (κ3) is 28.3. The Morgan fingerprint density at radius 3 is 1.74 bits per heavy atom. The third-order valence-corrected chi connectivity index (χ3v) is 26.6. The average Bonchev–Trinajstić information content (AvgIpc) is 1.59. The number of hydrogen-bond acceptors (Lipinski definition) is 11. The van der Waals surface area contributed by atoms with Crippen LogP contribution in [0.3, 0.4) is 0 Å². The zero-order valence-electron chi connectivity index (χ0n) is 99.0. The molecule has 8 nitrogen and oxygen atoms in total. The normalized spacial score (nSPS) is 15.4. The largest absolute Gasteiger partial charge is 3.00 e. The van der Waals surface area contributed by atoms with Crippen LogP contribution < -0.4 is 9.75 Å². The smallest absolute Gasteiger partial charge is 0.855 e. The third-order valence-electron chi connectivity index (χ3n) is 21.5. The summed E-state index contributed by atoms with van der Waals surface area (Å²) in [6, 6.07) is 79.2. The Labute approximate surface area is 920 Å². The van der Waals surface area contributed by atoms with Crippen molar-refractivity contribution in [3.05, 3.63) is 510 Å². The van der Waals surface area contributed by atoms with Crippen molar-refractivity contribution in [2.75, 3.05) is 0 Å². The number of nitrogens with zero attached hydrogens (tertiary/aromatic N) is 8. The van der Waals surface area contributed by atoms with Gasteiger partial charge in [-0.05, 0) is 183 Å². The van der Waals surface area contributed by atoms with Crippen molar-refractivity contribution in [2.45, 2.75) is 91.7 Å². The number of aryl methyl sites for hydroxylation is 5. The Hall–Kier alpha value is -12.3. The number of benzene rings is 9. The molecular weight excluding hydrogens is 2490 g/mol. The number of allylic oxidation sites excluding steroid dienone is 11. The molecule has 20 aromatic rings. The van der Waals surface area contributed by atoms with E-state index in [-0.39, 0.29) is 205 Å². The van der Waals surface area contributed by atoms with Crippen molar-refractivity contribution in [2.24, 2.45) is 0 Å². The summed E-state index contributed by atoms with van der Waals surface area (Å²) in [7, 11) is 0. The van der Waals surface area contributed by atoms with E-state index in [9.17, 15) is 5.41 Å². The first kappa shape index (κ1) is 76.6. The molecule has 1 saturated carbocycles. The Bertz CT molecular complexity index is 9010. The number of aromatic nitrogens is 7. The summed E-state index contributed by atoms with van der Waals surface area (Å²) in [6.07, 6.45) is 41.5. The molecule has 0 amide bonds. The van der Waals surface area contributed by atoms with Crippen LogP contribution in [0.4, 0.5) is 0 Å². The zero-order chi connectivity index (χ0) is 113. The molecule has 3 radical (unpaired) electrons. The van der Waals surface area contributed by atoms with Crippen LogP contribution >= 0.6 is 45.3 Å². The van der Waals surface area contributed by atoms with E-state index in [0.717, 1.165) is 125 Å². The molecule has 16 heteroatoms. The van der Waals surface area contributed by atoms with E-state index in [1.54, 1.807) is 94.7 Å². The van der Waals surface area contributed by atoms with Gasteiger partial charge in [-0.3, -0.25) is 4.98 Å². The topological polar surface area (TPSA) is 113 Å². The molecule has 0 N–H and O–H groups in total. The molecule has 0 unspecified atom stereocenters. The second-order valence-corrected chi connectivity index (χ2v) is 34.7. The number of thiophene rings is 4.